The Balaban J connectivity index is 3.02. The highest BCUT2D eigenvalue weighted by Gasteiger charge is 1.73. The zero-order chi connectivity index (χ0) is 5.11. The Kier molecular flexibility index (Phi) is 0.697. The molecule has 0 saturated carbocycles. The van der Waals surface area contributed by atoms with Crippen LogP contribution in [-0.4, -0.2) is 5.10 Å². The first kappa shape index (κ1) is 3.70. The van der Waals surface area contributed by atoms with Crippen LogP contribution in [0.2, 0.25) is 0 Å². The highest BCUT2D eigenvalue weighted by Crippen LogP contribution is 1.75. The van der Waals surface area contributed by atoms with Gasteiger partial charge in [0.1, 0.15) is 16.1 Å². The standard InChI is InChI=1S/C4N2O/c7-4-2-1-3-5-6-4. The predicted molar refractivity (Wildman–Crippen MR) is 15.8 cm³/mol. The molecule has 0 radical (unpaired) electrons. The van der Waals surface area contributed by atoms with E-state index in [1.54, 1.807) is 0 Å². The molecule has 1 heterocycles. The molecule has 0 aliphatic heterocycles. The van der Waals surface area contributed by atoms with Crippen LogP contribution in [0, 0.1) is 18.3 Å². The molecule has 0 aliphatic rings. The summed E-state index contributed by atoms with van der Waals surface area (Å²) in [7, 11) is 0. The SMILES string of the molecule is [O-]c1c#cc#[n+]n1. The minimum atomic E-state index is -0.501. The molecule has 1 aromatic rings. The van der Waals surface area contributed by atoms with Gasteiger partial charge in [-0.25, -0.2) is 0 Å². The van der Waals surface area contributed by atoms with Crippen molar-refractivity contribution in [2.24, 2.45) is 0 Å². The fourth-order valence-electron chi connectivity index (χ4n) is 0.202. The molecule has 0 aliphatic carbocycles. The summed E-state index contributed by atoms with van der Waals surface area (Å²) in [5.74, 6) is -0.501. The topological polar surface area (TPSA) is 50.0 Å². The van der Waals surface area contributed by atoms with Crippen molar-refractivity contribution in [3.05, 3.63) is 18.3 Å². The Morgan fingerprint density at radius 2 is 2.57 bits per heavy atom. The quantitative estimate of drug-likeness (QED) is 0.377. The van der Waals surface area contributed by atoms with Gasteiger partial charge in [-0.15, -0.1) is 0 Å². The van der Waals surface area contributed by atoms with E-state index in [1.165, 1.54) is 0 Å². The lowest BCUT2D eigenvalue weighted by Gasteiger charge is -1.80. The second kappa shape index (κ2) is 1.32. The monoisotopic (exact) mass is 92.0 g/mol. The molecule has 0 unspecified atom stereocenters. The van der Waals surface area contributed by atoms with Gasteiger partial charge in [0, 0.05) is 0 Å². The van der Waals surface area contributed by atoms with E-state index in [0.717, 1.165) is 0 Å². The van der Waals surface area contributed by atoms with Crippen LogP contribution in [0.4, 0.5) is 0 Å². The zero-order valence-electron chi connectivity index (χ0n) is 3.30. The van der Waals surface area contributed by atoms with E-state index in [0.29, 0.717) is 0 Å². The molecule has 0 aromatic carbocycles. The molecule has 32 valence electrons. The second-order valence-electron chi connectivity index (χ2n) is 0.867. The van der Waals surface area contributed by atoms with Gasteiger partial charge in [-0.05, 0) is 6.07 Å². The number of hydrogen-bond acceptors (Lipinski definition) is 2. The van der Waals surface area contributed by atoms with E-state index in [2.05, 4.69) is 28.5 Å². The van der Waals surface area contributed by atoms with Gasteiger partial charge in [0.25, 0.3) is 0 Å². The lowest BCUT2D eigenvalue weighted by molar-refractivity contribution is -0.403. The molecule has 0 atom stereocenters. The molecule has 1 rings (SSSR count). The van der Waals surface area contributed by atoms with Gasteiger partial charge in [0.05, 0.1) is 6.07 Å². The molecule has 0 saturated heterocycles. The van der Waals surface area contributed by atoms with Crippen LogP contribution < -0.4 is 10.2 Å². The molecule has 0 bridgehead atoms. The van der Waals surface area contributed by atoms with Crippen LogP contribution in [0.1, 0.15) is 0 Å². The molecule has 3 heteroatoms. The number of nitrogens with zero attached hydrogens (tertiary/aromatic N) is 2. The van der Waals surface area contributed by atoms with Crippen molar-refractivity contribution in [3.63, 3.8) is 0 Å². The van der Waals surface area contributed by atoms with Crippen molar-refractivity contribution < 1.29 is 10.2 Å². The third-order valence-electron chi connectivity index (χ3n) is 0.416. The summed E-state index contributed by atoms with van der Waals surface area (Å²) in [4.78, 5) is 0. The van der Waals surface area contributed by atoms with Crippen molar-refractivity contribution in [2.75, 3.05) is 0 Å². The van der Waals surface area contributed by atoms with E-state index in [1.807, 2.05) is 0 Å². The normalized spacial score (nSPS) is 6.29. The van der Waals surface area contributed by atoms with Gasteiger partial charge in [-0.3, -0.25) is 0 Å². The van der Waals surface area contributed by atoms with Gasteiger partial charge < -0.3 is 5.11 Å². The highest BCUT2D eigenvalue weighted by molar-refractivity contribution is 4.85. The average molecular weight is 92.1 g/mol. The average Bonchev–Trinajstić information content (AvgIpc) is 1.69. The van der Waals surface area contributed by atoms with Gasteiger partial charge in [-0.1, -0.05) is 0 Å². The summed E-state index contributed by atoms with van der Waals surface area (Å²) in [6, 6.07) is 4.35. The van der Waals surface area contributed by atoms with Gasteiger partial charge in [0.15, 0.2) is 0 Å². The smallest absolute Gasteiger partial charge is 0.415 e. The summed E-state index contributed by atoms with van der Waals surface area (Å²) in [5, 5.41) is 16.1. The molecule has 0 spiro atoms. The molecular formula is C4N2O. The minimum absolute atomic E-state index is 0.501. The van der Waals surface area contributed by atoms with Crippen molar-refractivity contribution in [1.82, 2.24) is 5.10 Å². The predicted octanol–water partition coefficient (Wildman–Crippen LogP) is -1.84. The summed E-state index contributed by atoms with van der Waals surface area (Å²) in [5.41, 5.74) is 0. The van der Waals surface area contributed by atoms with Crippen molar-refractivity contribution in [3.8, 4) is 5.88 Å². The van der Waals surface area contributed by atoms with Crippen molar-refractivity contribution in [2.45, 2.75) is 0 Å². The molecular weight excluding hydrogens is 92.1 g/mol. The van der Waals surface area contributed by atoms with Crippen molar-refractivity contribution >= 4 is 0 Å². The van der Waals surface area contributed by atoms with Crippen LogP contribution in [0.3, 0.4) is 0 Å². The summed E-state index contributed by atoms with van der Waals surface area (Å²) >= 11 is 0. The number of rotatable bonds is 0. The van der Waals surface area contributed by atoms with E-state index >= 15 is 0 Å². The second-order valence-corrected chi connectivity index (χ2v) is 0.867. The van der Waals surface area contributed by atoms with Crippen LogP contribution in [0.15, 0.2) is 0 Å². The first-order valence-electron chi connectivity index (χ1n) is 1.60. The summed E-state index contributed by atoms with van der Waals surface area (Å²) in [6.07, 6.45) is 2.19. The first-order valence-corrected chi connectivity index (χ1v) is 1.60. The molecule has 0 amide bonds. The lowest BCUT2D eigenvalue weighted by Crippen LogP contribution is -2.01. The Morgan fingerprint density at radius 3 is 2.86 bits per heavy atom. The van der Waals surface area contributed by atoms with Crippen LogP contribution in [0.25, 0.3) is 0 Å². The molecule has 3 nitrogen and oxygen atoms in total. The fourth-order valence-corrected chi connectivity index (χ4v) is 0.202. The summed E-state index contributed by atoms with van der Waals surface area (Å²) in [6.45, 7) is 0. The van der Waals surface area contributed by atoms with Gasteiger partial charge >= 0.3 is 6.20 Å². The summed E-state index contributed by atoms with van der Waals surface area (Å²) < 4.78 is 0. The highest BCUT2D eigenvalue weighted by atomic mass is 16.3. The Bertz CT molecular complexity index is 140. The number of hydrogen-bond donors (Lipinski definition) is 0. The lowest BCUT2D eigenvalue weighted by atomic mass is 10.7. The largest absolute Gasteiger partial charge is 0.847 e. The zero-order valence-corrected chi connectivity index (χ0v) is 3.30. The third kappa shape index (κ3) is 0.675. The van der Waals surface area contributed by atoms with E-state index in [9.17, 15) is 5.11 Å². The third-order valence-corrected chi connectivity index (χ3v) is 0.416. The van der Waals surface area contributed by atoms with Crippen molar-refractivity contribution in [1.29, 1.82) is 0 Å². The first-order chi connectivity index (χ1) is 3.39. The van der Waals surface area contributed by atoms with Crippen LogP contribution in [0.5, 0.6) is 5.88 Å². The van der Waals surface area contributed by atoms with Gasteiger partial charge in [0.2, 0.25) is 0 Å². The Labute approximate surface area is 40.6 Å². The molecule has 0 N–H and O–H groups in total. The van der Waals surface area contributed by atoms with Crippen LogP contribution >= 0.6 is 0 Å². The fraction of sp³-hybridized carbons (Fsp3) is 0. The van der Waals surface area contributed by atoms with Crippen LogP contribution in [-0.2, 0) is 0 Å². The Morgan fingerprint density at radius 1 is 1.71 bits per heavy atom. The molecule has 0 fully saturated rings. The molecule has 1 aromatic heterocycles. The van der Waals surface area contributed by atoms with E-state index in [4.69, 9.17) is 0 Å². The van der Waals surface area contributed by atoms with Gasteiger partial charge in [-0.2, -0.15) is 0 Å². The maximum absolute atomic E-state index is 9.99. The Hall–Kier alpha value is -1.48. The minimum Gasteiger partial charge on any atom is -0.847 e. The van der Waals surface area contributed by atoms with E-state index < -0.39 is 5.88 Å². The maximum atomic E-state index is 9.99. The van der Waals surface area contributed by atoms with E-state index in [-0.39, 0.29) is 0 Å². The molecule has 7 heavy (non-hydrogen) atoms. The maximum Gasteiger partial charge on any atom is 0.415 e. The number of aromatic nitrogens is 2.